The second-order valence-electron chi connectivity index (χ2n) is 5.37. The number of amides is 2. The molecule has 3 aromatic rings. The van der Waals surface area contributed by atoms with Crippen LogP contribution in [0.25, 0.3) is 11.0 Å². The van der Waals surface area contributed by atoms with Crippen LogP contribution in [-0.2, 0) is 6.54 Å². The van der Waals surface area contributed by atoms with Gasteiger partial charge in [-0.25, -0.2) is 4.79 Å². The average molecular weight is 329 g/mol. The van der Waals surface area contributed by atoms with Gasteiger partial charge in [-0.05, 0) is 36.8 Å². The molecule has 0 fully saturated rings. The van der Waals surface area contributed by atoms with Crippen molar-refractivity contribution in [2.45, 2.75) is 19.5 Å². The molecule has 118 valence electrons. The van der Waals surface area contributed by atoms with Gasteiger partial charge in [0.2, 0.25) is 0 Å². The van der Waals surface area contributed by atoms with Crippen molar-refractivity contribution in [2.24, 2.45) is 0 Å². The van der Waals surface area contributed by atoms with Gasteiger partial charge < -0.3 is 15.1 Å². The zero-order valence-corrected chi connectivity index (χ0v) is 13.4. The molecule has 0 saturated heterocycles. The third kappa shape index (κ3) is 3.85. The number of carbonyl (C=O) groups is 1. The number of furan rings is 1. The van der Waals surface area contributed by atoms with E-state index in [1.165, 1.54) is 0 Å². The molecule has 0 aliphatic heterocycles. The summed E-state index contributed by atoms with van der Waals surface area (Å²) in [7, 11) is 0. The standard InChI is InChI=1S/C18H17ClN2O2/c1-12(17-10-14-6-2-3-8-16(14)23-17)21-18(22)20-11-13-5-4-7-15(19)9-13/h2-10,12H,11H2,1H3,(H2,20,21,22). The predicted molar refractivity (Wildman–Crippen MR) is 91.5 cm³/mol. The maximum absolute atomic E-state index is 12.0. The van der Waals surface area contributed by atoms with Crippen molar-refractivity contribution < 1.29 is 9.21 Å². The van der Waals surface area contributed by atoms with Crippen LogP contribution in [0.3, 0.4) is 0 Å². The van der Waals surface area contributed by atoms with Gasteiger partial charge in [0.05, 0.1) is 6.04 Å². The van der Waals surface area contributed by atoms with Crippen molar-refractivity contribution in [3.8, 4) is 0 Å². The first kappa shape index (κ1) is 15.4. The average Bonchev–Trinajstić information content (AvgIpc) is 2.97. The summed E-state index contributed by atoms with van der Waals surface area (Å²) in [5.41, 5.74) is 1.76. The van der Waals surface area contributed by atoms with E-state index >= 15 is 0 Å². The Morgan fingerprint density at radius 3 is 2.78 bits per heavy atom. The molecule has 0 aliphatic rings. The minimum absolute atomic E-state index is 0.221. The Hall–Kier alpha value is -2.46. The number of urea groups is 1. The van der Waals surface area contributed by atoms with Crippen molar-refractivity contribution in [1.82, 2.24) is 10.6 Å². The van der Waals surface area contributed by atoms with Gasteiger partial charge in [0.15, 0.2) is 0 Å². The second kappa shape index (κ2) is 6.75. The summed E-state index contributed by atoms with van der Waals surface area (Å²) >= 11 is 5.92. The molecule has 0 bridgehead atoms. The Labute approximate surface area is 139 Å². The van der Waals surface area contributed by atoms with Crippen molar-refractivity contribution in [2.75, 3.05) is 0 Å². The van der Waals surface area contributed by atoms with Gasteiger partial charge in [0, 0.05) is 17.0 Å². The first-order valence-corrected chi connectivity index (χ1v) is 7.77. The largest absolute Gasteiger partial charge is 0.459 e. The minimum atomic E-state index is -0.252. The zero-order valence-electron chi connectivity index (χ0n) is 12.7. The molecule has 5 heteroatoms. The highest BCUT2D eigenvalue weighted by Crippen LogP contribution is 2.23. The number of fused-ring (bicyclic) bond motifs is 1. The summed E-state index contributed by atoms with van der Waals surface area (Å²) in [4.78, 5) is 12.0. The molecular weight excluding hydrogens is 312 g/mol. The van der Waals surface area contributed by atoms with Gasteiger partial charge in [-0.1, -0.05) is 41.9 Å². The van der Waals surface area contributed by atoms with Crippen LogP contribution in [0, 0.1) is 0 Å². The summed E-state index contributed by atoms with van der Waals surface area (Å²) in [5, 5.41) is 7.35. The molecule has 2 aromatic carbocycles. The van der Waals surface area contributed by atoms with E-state index in [1.807, 2.05) is 55.5 Å². The van der Waals surface area contributed by atoms with Gasteiger partial charge in [0.1, 0.15) is 11.3 Å². The van der Waals surface area contributed by atoms with E-state index in [1.54, 1.807) is 6.07 Å². The van der Waals surface area contributed by atoms with Crippen molar-refractivity contribution in [3.05, 3.63) is 70.9 Å². The van der Waals surface area contributed by atoms with Crippen molar-refractivity contribution >= 4 is 28.6 Å². The Morgan fingerprint density at radius 2 is 2.00 bits per heavy atom. The smallest absolute Gasteiger partial charge is 0.315 e. The second-order valence-corrected chi connectivity index (χ2v) is 5.80. The Morgan fingerprint density at radius 1 is 1.17 bits per heavy atom. The predicted octanol–water partition coefficient (Wildman–Crippen LogP) is 4.65. The highest BCUT2D eigenvalue weighted by molar-refractivity contribution is 6.30. The molecule has 4 nitrogen and oxygen atoms in total. The van der Waals surface area contributed by atoms with Crippen LogP contribution < -0.4 is 10.6 Å². The van der Waals surface area contributed by atoms with E-state index in [2.05, 4.69) is 10.6 Å². The molecule has 1 atom stereocenters. The highest BCUT2D eigenvalue weighted by Gasteiger charge is 2.13. The van der Waals surface area contributed by atoms with Crippen LogP contribution in [0.2, 0.25) is 5.02 Å². The molecule has 0 saturated carbocycles. The number of carbonyl (C=O) groups excluding carboxylic acids is 1. The Kier molecular flexibility index (Phi) is 4.53. The maximum atomic E-state index is 12.0. The molecule has 1 unspecified atom stereocenters. The fourth-order valence-electron chi connectivity index (χ4n) is 2.36. The van der Waals surface area contributed by atoms with Crippen LogP contribution in [-0.4, -0.2) is 6.03 Å². The molecule has 23 heavy (non-hydrogen) atoms. The highest BCUT2D eigenvalue weighted by atomic mass is 35.5. The molecular formula is C18H17ClN2O2. The third-order valence-corrected chi connectivity index (χ3v) is 3.80. The van der Waals surface area contributed by atoms with Gasteiger partial charge in [0.25, 0.3) is 0 Å². The quantitative estimate of drug-likeness (QED) is 0.732. The van der Waals surface area contributed by atoms with Crippen molar-refractivity contribution in [3.63, 3.8) is 0 Å². The summed E-state index contributed by atoms with van der Waals surface area (Å²) in [5.74, 6) is 0.726. The zero-order chi connectivity index (χ0) is 16.2. The van der Waals surface area contributed by atoms with Gasteiger partial charge in [-0.2, -0.15) is 0 Å². The molecule has 3 rings (SSSR count). The minimum Gasteiger partial charge on any atom is -0.459 e. The summed E-state index contributed by atoms with van der Waals surface area (Å²) in [6.07, 6.45) is 0. The normalized spacial score (nSPS) is 12.1. The number of hydrogen-bond donors (Lipinski definition) is 2. The number of para-hydroxylation sites is 1. The van der Waals surface area contributed by atoms with Crippen molar-refractivity contribution in [1.29, 1.82) is 0 Å². The molecule has 1 heterocycles. The van der Waals surface area contributed by atoms with Crippen LogP contribution in [0.1, 0.15) is 24.3 Å². The molecule has 2 N–H and O–H groups in total. The fraction of sp³-hybridized carbons (Fsp3) is 0.167. The van der Waals surface area contributed by atoms with Crippen LogP contribution in [0.15, 0.2) is 59.0 Å². The lowest BCUT2D eigenvalue weighted by molar-refractivity contribution is 0.236. The summed E-state index contributed by atoms with van der Waals surface area (Å²) in [6, 6.07) is 16.6. The van der Waals surface area contributed by atoms with Gasteiger partial charge in [-0.15, -0.1) is 0 Å². The molecule has 2 amide bonds. The van der Waals surface area contributed by atoms with E-state index in [0.29, 0.717) is 11.6 Å². The maximum Gasteiger partial charge on any atom is 0.315 e. The van der Waals surface area contributed by atoms with E-state index in [-0.39, 0.29) is 12.1 Å². The monoisotopic (exact) mass is 328 g/mol. The number of rotatable bonds is 4. The van der Waals surface area contributed by atoms with Crippen LogP contribution >= 0.6 is 11.6 Å². The number of benzene rings is 2. The molecule has 0 radical (unpaired) electrons. The van der Waals surface area contributed by atoms with Gasteiger partial charge >= 0.3 is 6.03 Å². The third-order valence-electron chi connectivity index (χ3n) is 3.56. The van der Waals surface area contributed by atoms with E-state index in [9.17, 15) is 4.79 Å². The first-order valence-electron chi connectivity index (χ1n) is 7.39. The fourth-order valence-corrected chi connectivity index (χ4v) is 2.58. The Balaban J connectivity index is 1.58. The topological polar surface area (TPSA) is 54.3 Å². The number of halogens is 1. The molecule has 1 aromatic heterocycles. The summed E-state index contributed by atoms with van der Waals surface area (Å²) < 4.78 is 5.75. The molecule has 0 aliphatic carbocycles. The van der Waals surface area contributed by atoms with E-state index in [4.69, 9.17) is 16.0 Å². The SMILES string of the molecule is CC(NC(=O)NCc1cccc(Cl)c1)c1cc2ccccc2o1. The number of nitrogens with one attached hydrogen (secondary N) is 2. The lowest BCUT2D eigenvalue weighted by Gasteiger charge is -2.12. The van der Waals surface area contributed by atoms with E-state index < -0.39 is 0 Å². The first-order chi connectivity index (χ1) is 11.1. The Bertz CT molecular complexity index is 796. The lowest BCUT2D eigenvalue weighted by atomic mass is 10.2. The van der Waals surface area contributed by atoms with Gasteiger partial charge in [-0.3, -0.25) is 0 Å². The molecule has 0 spiro atoms. The lowest BCUT2D eigenvalue weighted by Crippen LogP contribution is -2.36. The number of hydrogen-bond acceptors (Lipinski definition) is 2. The summed E-state index contributed by atoms with van der Waals surface area (Å²) in [6.45, 7) is 2.30. The van der Waals surface area contributed by atoms with Crippen LogP contribution in [0.4, 0.5) is 4.79 Å². The van der Waals surface area contributed by atoms with E-state index in [0.717, 1.165) is 22.3 Å². The van der Waals surface area contributed by atoms with Crippen LogP contribution in [0.5, 0.6) is 0 Å².